The van der Waals surface area contributed by atoms with Crippen molar-refractivity contribution in [3.05, 3.63) is 0 Å². The zero-order valence-corrected chi connectivity index (χ0v) is 11.5. The Balaban J connectivity index is 3.96. The second-order valence-electron chi connectivity index (χ2n) is 4.53. The Hall–Kier alpha value is -1.23. The van der Waals surface area contributed by atoms with Gasteiger partial charge in [-0.3, -0.25) is 14.4 Å². The van der Waals surface area contributed by atoms with Crippen LogP contribution in [-0.4, -0.2) is 36.6 Å². The summed E-state index contributed by atoms with van der Waals surface area (Å²) in [6.07, 6.45) is 3.75. The van der Waals surface area contributed by atoms with Crippen molar-refractivity contribution in [3.63, 3.8) is 0 Å². The molecule has 0 heterocycles. The Bertz CT molecular complexity index is 290. The predicted octanol–water partition coefficient (Wildman–Crippen LogP) is 0.819. The second-order valence-corrected chi connectivity index (χ2v) is 4.53. The highest BCUT2D eigenvalue weighted by atomic mass is 16.2. The molecule has 1 amide bonds. The molecule has 1 atom stereocenters. The topological polar surface area (TPSA) is 75.3 Å². The zero-order valence-electron chi connectivity index (χ0n) is 11.5. The van der Waals surface area contributed by atoms with Crippen molar-refractivity contribution in [1.82, 2.24) is 10.6 Å². The fourth-order valence-corrected chi connectivity index (χ4v) is 1.57. The normalized spacial score (nSPS) is 11.9. The smallest absolute Gasteiger partial charge is 0.234 e. The van der Waals surface area contributed by atoms with E-state index in [0.29, 0.717) is 6.42 Å². The molecule has 0 aromatic rings. The summed E-state index contributed by atoms with van der Waals surface area (Å²) in [6.45, 7) is 5.27. The summed E-state index contributed by atoms with van der Waals surface area (Å²) in [5.74, 6) is -0.284. The van der Waals surface area contributed by atoms with E-state index in [0.717, 1.165) is 19.3 Å². The number of amides is 1. The minimum Gasteiger partial charge on any atom is -0.345 e. The van der Waals surface area contributed by atoms with E-state index in [-0.39, 0.29) is 30.6 Å². The molecule has 0 aliphatic heterocycles. The molecule has 0 unspecified atom stereocenters. The molecule has 0 radical (unpaired) electrons. The number of ketones is 2. The maximum atomic E-state index is 11.5. The summed E-state index contributed by atoms with van der Waals surface area (Å²) in [5.41, 5.74) is 0. The fourth-order valence-electron chi connectivity index (χ4n) is 1.57. The van der Waals surface area contributed by atoms with Crippen LogP contribution in [0.15, 0.2) is 0 Å². The number of rotatable bonds is 10. The van der Waals surface area contributed by atoms with Gasteiger partial charge in [-0.15, -0.1) is 0 Å². The molecule has 5 nitrogen and oxygen atoms in total. The van der Waals surface area contributed by atoms with E-state index in [4.69, 9.17) is 0 Å². The van der Waals surface area contributed by atoms with Crippen LogP contribution in [0.4, 0.5) is 0 Å². The highest BCUT2D eigenvalue weighted by Gasteiger charge is 2.16. The highest BCUT2D eigenvalue weighted by Crippen LogP contribution is 2.04. The van der Waals surface area contributed by atoms with Crippen molar-refractivity contribution in [2.45, 2.75) is 52.5 Å². The quantitative estimate of drug-likeness (QED) is 0.567. The molecule has 104 valence electrons. The van der Waals surface area contributed by atoms with Gasteiger partial charge in [0.2, 0.25) is 5.91 Å². The van der Waals surface area contributed by atoms with Gasteiger partial charge in [0, 0.05) is 0 Å². The van der Waals surface area contributed by atoms with Crippen molar-refractivity contribution < 1.29 is 14.4 Å². The molecule has 5 heteroatoms. The Labute approximate surface area is 109 Å². The number of Topliss-reactive ketones (excluding diaryl/α,β-unsaturated/α-hetero) is 2. The maximum absolute atomic E-state index is 11.5. The van der Waals surface area contributed by atoms with Crippen LogP contribution in [0.5, 0.6) is 0 Å². The van der Waals surface area contributed by atoms with E-state index in [2.05, 4.69) is 17.6 Å². The molecule has 0 bridgehead atoms. The predicted molar refractivity (Wildman–Crippen MR) is 70.3 cm³/mol. The molecular weight excluding hydrogens is 232 g/mol. The van der Waals surface area contributed by atoms with Crippen molar-refractivity contribution >= 4 is 17.5 Å². The summed E-state index contributed by atoms with van der Waals surface area (Å²) >= 11 is 0. The van der Waals surface area contributed by atoms with Gasteiger partial charge >= 0.3 is 0 Å². The highest BCUT2D eigenvalue weighted by molar-refractivity contribution is 5.88. The second kappa shape index (κ2) is 9.76. The number of hydrogen-bond acceptors (Lipinski definition) is 4. The number of carbonyl (C=O) groups excluding carboxylic acids is 3. The third-order valence-electron chi connectivity index (χ3n) is 2.58. The lowest BCUT2D eigenvalue weighted by Crippen LogP contribution is -2.44. The molecule has 0 aliphatic rings. The monoisotopic (exact) mass is 256 g/mol. The molecule has 18 heavy (non-hydrogen) atoms. The van der Waals surface area contributed by atoms with Crippen molar-refractivity contribution in [1.29, 1.82) is 0 Å². The van der Waals surface area contributed by atoms with Gasteiger partial charge in [0.25, 0.3) is 0 Å². The van der Waals surface area contributed by atoms with Crippen LogP contribution >= 0.6 is 0 Å². The van der Waals surface area contributed by atoms with Crippen molar-refractivity contribution in [2.24, 2.45) is 0 Å². The first kappa shape index (κ1) is 16.8. The van der Waals surface area contributed by atoms with Gasteiger partial charge in [-0.1, -0.05) is 26.2 Å². The van der Waals surface area contributed by atoms with Crippen LogP contribution < -0.4 is 10.6 Å². The molecule has 2 N–H and O–H groups in total. The lowest BCUT2D eigenvalue weighted by molar-refractivity contribution is -0.126. The molecule has 0 spiro atoms. The minimum absolute atomic E-state index is 0.0196. The molecule has 0 rings (SSSR count). The summed E-state index contributed by atoms with van der Waals surface area (Å²) in [5, 5.41) is 5.41. The molecule has 0 saturated heterocycles. The lowest BCUT2D eigenvalue weighted by Gasteiger charge is -2.15. The summed E-state index contributed by atoms with van der Waals surface area (Å²) in [4.78, 5) is 33.6. The minimum atomic E-state index is -0.400. The van der Waals surface area contributed by atoms with E-state index in [1.807, 2.05) is 0 Å². The first-order valence-electron chi connectivity index (χ1n) is 6.47. The molecule has 0 aromatic heterocycles. The largest absolute Gasteiger partial charge is 0.345 e. The number of carbonyl (C=O) groups is 3. The zero-order chi connectivity index (χ0) is 14.0. The first-order chi connectivity index (χ1) is 8.47. The fraction of sp³-hybridized carbons (Fsp3) is 0.769. The lowest BCUT2D eigenvalue weighted by atomic mass is 10.1. The third-order valence-corrected chi connectivity index (χ3v) is 2.58. The van der Waals surface area contributed by atoms with E-state index in [9.17, 15) is 14.4 Å². The number of hydrogen-bond donors (Lipinski definition) is 2. The number of unbranched alkanes of at least 4 members (excludes halogenated alkanes) is 2. The van der Waals surface area contributed by atoms with Crippen molar-refractivity contribution in [3.8, 4) is 0 Å². The summed E-state index contributed by atoms with van der Waals surface area (Å²) < 4.78 is 0. The van der Waals surface area contributed by atoms with E-state index < -0.39 is 6.04 Å². The average Bonchev–Trinajstić information content (AvgIpc) is 2.27. The van der Waals surface area contributed by atoms with Crippen LogP contribution in [0.2, 0.25) is 0 Å². The van der Waals surface area contributed by atoms with Crippen LogP contribution in [-0.2, 0) is 14.4 Å². The third kappa shape index (κ3) is 8.87. The Morgan fingerprint density at radius 2 is 1.72 bits per heavy atom. The van der Waals surface area contributed by atoms with E-state index in [1.54, 1.807) is 0 Å². The van der Waals surface area contributed by atoms with E-state index in [1.165, 1.54) is 13.8 Å². The van der Waals surface area contributed by atoms with Crippen LogP contribution in [0.25, 0.3) is 0 Å². The van der Waals surface area contributed by atoms with Gasteiger partial charge in [-0.2, -0.15) is 0 Å². The molecule has 0 fully saturated rings. The average molecular weight is 256 g/mol. The first-order valence-corrected chi connectivity index (χ1v) is 6.47. The standard InChI is InChI=1S/C13H24N2O3/c1-4-5-6-7-12(11(3)17)15-13(18)9-14-8-10(2)16/h12,14H,4-9H2,1-3H3,(H,15,18)/t12-/m0/s1. The Morgan fingerprint density at radius 1 is 1.06 bits per heavy atom. The van der Waals surface area contributed by atoms with Gasteiger partial charge in [0.15, 0.2) is 5.78 Å². The van der Waals surface area contributed by atoms with Gasteiger partial charge in [0.1, 0.15) is 5.78 Å². The van der Waals surface area contributed by atoms with Crippen LogP contribution in [0, 0.1) is 0 Å². The Kier molecular flexibility index (Phi) is 9.10. The SMILES string of the molecule is CCCCC[C@H](NC(=O)CNCC(C)=O)C(C)=O. The maximum Gasteiger partial charge on any atom is 0.234 e. The summed E-state index contributed by atoms with van der Waals surface area (Å²) in [6, 6.07) is -0.400. The number of nitrogens with one attached hydrogen (secondary N) is 2. The van der Waals surface area contributed by atoms with Crippen molar-refractivity contribution in [2.75, 3.05) is 13.1 Å². The van der Waals surface area contributed by atoms with Crippen LogP contribution in [0.3, 0.4) is 0 Å². The molecule has 0 aliphatic carbocycles. The van der Waals surface area contributed by atoms with Crippen LogP contribution in [0.1, 0.15) is 46.5 Å². The molecular formula is C13H24N2O3. The summed E-state index contributed by atoms with van der Waals surface area (Å²) in [7, 11) is 0. The van der Waals surface area contributed by atoms with Gasteiger partial charge in [0.05, 0.1) is 19.1 Å². The van der Waals surface area contributed by atoms with Gasteiger partial charge in [-0.05, 0) is 20.3 Å². The van der Waals surface area contributed by atoms with E-state index >= 15 is 0 Å². The van der Waals surface area contributed by atoms with Gasteiger partial charge < -0.3 is 10.6 Å². The Morgan fingerprint density at radius 3 is 2.22 bits per heavy atom. The molecule has 0 saturated carbocycles. The van der Waals surface area contributed by atoms with Gasteiger partial charge in [-0.25, -0.2) is 0 Å². The molecule has 0 aromatic carbocycles.